The van der Waals surface area contributed by atoms with E-state index in [0.717, 1.165) is 30.0 Å². The van der Waals surface area contributed by atoms with Gasteiger partial charge in [0, 0.05) is 24.7 Å². The first-order valence-electron chi connectivity index (χ1n) is 5.12. The molecule has 5 heteroatoms. The Morgan fingerprint density at radius 1 is 1.38 bits per heavy atom. The fourth-order valence-electron chi connectivity index (χ4n) is 2.02. The van der Waals surface area contributed by atoms with Crippen LogP contribution in [0.3, 0.4) is 0 Å². The lowest BCUT2D eigenvalue weighted by atomic mass is 10.2. The third-order valence-electron chi connectivity index (χ3n) is 2.79. The number of rotatable bonds is 1. The maximum absolute atomic E-state index is 9.44. The summed E-state index contributed by atoms with van der Waals surface area (Å²) in [5.41, 5.74) is 8.79. The summed E-state index contributed by atoms with van der Waals surface area (Å²) < 4.78 is 1.78. The first-order valence-corrected chi connectivity index (χ1v) is 5.12. The van der Waals surface area contributed by atoms with Gasteiger partial charge in [0.15, 0.2) is 5.82 Å². The predicted octanol–water partition coefficient (Wildman–Crippen LogP) is 0.763. The van der Waals surface area contributed by atoms with Crippen molar-refractivity contribution in [3.05, 3.63) is 35.5 Å². The van der Waals surface area contributed by atoms with Crippen molar-refractivity contribution in [3.63, 3.8) is 0 Å². The zero-order valence-electron chi connectivity index (χ0n) is 8.64. The monoisotopic (exact) mass is 216 g/mol. The third kappa shape index (κ3) is 1.25. The first-order chi connectivity index (χ1) is 7.75. The minimum Gasteiger partial charge on any atom is -0.508 e. The molecule has 4 N–H and O–H groups in total. The Bertz CT molecular complexity index is 547. The van der Waals surface area contributed by atoms with Crippen LogP contribution in [-0.2, 0) is 13.1 Å². The minimum atomic E-state index is 0.228. The number of fused-ring (bicyclic) bond motifs is 1. The highest BCUT2D eigenvalue weighted by Crippen LogP contribution is 2.25. The van der Waals surface area contributed by atoms with Gasteiger partial charge in [-0.15, -0.1) is 0 Å². The number of anilines is 1. The standard InChI is InChI=1S/C11H12N4O/c12-11-9-5-13-6-10(9)15(14-11)7-2-1-3-8(16)4-7/h1-4,13,16H,5-6H2,(H2,12,14). The number of nitrogens with zero attached hydrogens (tertiary/aromatic N) is 2. The Balaban J connectivity index is 2.17. The van der Waals surface area contributed by atoms with Gasteiger partial charge in [0.25, 0.3) is 0 Å². The van der Waals surface area contributed by atoms with Gasteiger partial charge in [0.2, 0.25) is 0 Å². The molecule has 0 spiro atoms. The Morgan fingerprint density at radius 2 is 2.25 bits per heavy atom. The SMILES string of the molecule is Nc1nn(-c2cccc(O)c2)c2c1CNC2. The maximum Gasteiger partial charge on any atom is 0.150 e. The van der Waals surface area contributed by atoms with Crippen LogP contribution >= 0.6 is 0 Å². The van der Waals surface area contributed by atoms with Crippen molar-refractivity contribution in [3.8, 4) is 11.4 Å². The van der Waals surface area contributed by atoms with Crippen LogP contribution in [0, 0.1) is 0 Å². The lowest BCUT2D eigenvalue weighted by molar-refractivity contribution is 0.474. The molecule has 0 atom stereocenters. The molecule has 2 heterocycles. The molecule has 2 aromatic rings. The van der Waals surface area contributed by atoms with Crippen LogP contribution in [0.4, 0.5) is 5.82 Å². The maximum atomic E-state index is 9.44. The smallest absolute Gasteiger partial charge is 0.150 e. The summed E-state index contributed by atoms with van der Waals surface area (Å²) >= 11 is 0. The summed E-state index contributed by atoms with van der Waals surface area (Å²) in [6, 6.07) is 6.99. The second-order valence-corrected chi connectivity index (χ2v) is 3.85. The number of nitrogens with one attached hydrogen (secondary N) is 1. The number of nitrogens with two attached hydrogens (primary N) is 1. The van der Waals surface area contributed by atoms with Gasteiger partial charge >= 0.3 is 0 Å². The molecule has 16 heavy (non-hydrogen) atoms. The summed E-state index contributed by atoms with van der Waals surface area (Å²) in [6.07, 6.45) is 0. The van der Waals surface area contributed by atoms with Crippen molar-refractivity contribution in [1.29, 1.82) is 0 Å². The number of nitrogen functional groups attached to an aromatic ring is 1. The molecule has 0 amide bonds. The van der Waals surface area contributed by atoms with E-state index >= 15 is 0 Å². The Kier molecular flexibility index (Phi) is 1.87. The van der Waals surface area contributed by atoms with Crippen molar-refractivity contribution >= 4 is 5.82 Å². The second-order valence-electron chi connectivity index (χ2n) is 3.85. The van der Waals surface area contributed by atoms with Crippen molar-refractivity contribution < 1.29 is 5.11 Å². The molecule has 0 fully saturated rings. The lowest BCUT2D eigenvalue weighted by Crippen LogP contribution is -2.08. The molecule has 0 bridgehead atoms. The molecule has 82 valence electrons. The number of aromatic hydroxyl groups is 1. The Morgan fingerprint density at radius 3 is 3.06 bits per heavy atom. The lowest BCUT2D eigenvalue weighted by Gasteiger charge is -2.05. The van der Waals surface area contributed by atoms with Gasteiger partial charge in [-0.2, -0.15) is 5.10 Å². The van der Waals surface area contributed by atoms with Crippen molar-refractivity contribution in [2.45, 2.75) is 13.1 Å². The van der Waals surface area contributed by atoms with Crippen molar-refractivity contribution in [1.82, 2.24) is 15.1 Å². The molecule has 5 nitrogen and oxygen atoms in total. The molecule has 0 aliphatic carbocycles. The van der Waals surface area contributed by atoms with Gasteiger partial charge in [-0.1, -0.05) is 6.07 Å². The van der Waals surface area contributed by atoms with Gasteiger partial charge in [0.05, 0.1) is 11.4 Å². The fraction of sp³-hybridized carbons (Fsp3) is 0.182. The molecular weight excluding hydrogens is 204 g/mol. The molecule has 1 aromatic heterocycles. The zero-order chi connectivity index (χ0) is 11.1. The van der Waals surface area contributed by atoms with Gasteiger partial charge < -0.3 is 16.2 Å². The topological polar surface area (TPSA) is 76.1 Å². The van der Waals surface area contributed by atoms with Crippen LogP contribution < -0.4 is 11.1 Å². The highest BCUT2D eigenvalue weighted by atomic mass is 16.3. The summed E-state index contributed by atoms with van der Waals surface area (Å²) in [5.74, 6) is 0.787. The van der Waals surface area contributed by atoms with E-state index in [9.17, 15) is 5.11 Å². The molecule has 0 saturated heterocycles. The number of hydrogen-bond acceptors (Lipinski definition) is 4. The molecule has 1 aliphatic rings. The summed E-state index contributed by atoms with van der Waals surface area (Å²) in [6.45, 7) is 1.52. The molecule has 0 saturated carbocycles. The quantitative estimate of drug-likeness (QED) is 0.658. The normalized spacial score (nSPS) is 14.0. The molecule has 0 unspecified atom stereocenters. The van der Waals surface area contributed by atoms with Crippen molar-refractivity contribution in [2.24, 2.45) is 0 Å². The molecular formula is C11H12N4O. The van der Waals surface area contributed by atoms with E-state index < -0.39 is 0 Å². The Hall–Kier alpha value is -2.01. The minimum absolute atomic E-state index is 0.228. The molecule has 1 aromatic carbocycles. The van der Waals surface area contributed by atoms with E-state index in [-0.39, 0.29) is 5.75 Å². The summed E-state index contributed by atoms with van der Waals surface area (Å²) in [7, 11) is 0. The van der Waals surface area contributed by atoms with Crippen molar-refractivity contribution in [2.75, 3.05) is 5.73 Å². The predicted molar refractivity (Wildman–Crippen MR) is 60.2 cm³/mol. The van der Waals surface area contributed by atoms with E-state index in [0.29, 0.717) is 5.82 Å². The van der Waals surface area contributed by atoms with Crippen LogP contribution in [0.5, 0.6) is 5.75 Å². The number of phenols is 1. The number of phenolic OH excluding ortho intramolecular Hbond substituents is 1. The van der Waals surface area contributed by atoms with Gasteiger partial charge in [0.1, 0.15) is 5.75 Å². The number of hydrogen-bond donors (Lipinski definition) is 3. The largest absolute Gasteiger partial charge is 0.508 e. The fourth-order valence-corrected chi connectivity index (χ4v) is 2.02. The van der Waals surface area contributed by atoms with E-state index in [1.165, 1.54) is 0 Å². The van der Waals surface area contributed by atoms with Gasteiger partial charge in [-0.25, -0.2) is 4.68 Å². The first kappa shape index (κ1) is 9.23. The molecule has 3 rings (SSSR count). The zero-order valence-corrected chi connectivity index (χ0v) is 8.64. The van der Waals surface area contributed by atoms with E-state index in [2.05, 4.69) is 10.4 Å². The van der Waals surface area contributed by atoms with Gasteiger partial charge in [-0.3, -0.25) is 0 Å². The van der Waals surface area contributed by atoms with E-state index in [1.54, 1.807) is 22.9 Å². The third-order valence-corrected chi connectivity index (χ3v) is 2.79. The molecule has 0 radical (unpaired) electrons. The highest BCUT2D eigenvalue weighted by Gasteiger charge is 2.21. The molecule has 1 aliphatic heterocycles. The van der Waals surface area contributed by atoms with Gasteiger partial charge in [-0.05, 0) is 12.1 Å². The van der Waals surface area contributed by atoms with Crippen LogP contribution in [-0.4, -0.2) is 14.9 Å². The van der Waals surface area contributed by atoms with Crippen LogP contribution in [0.25, 0.3) is 5.69 Å². The van der Waals surface area contributed by atoms with E-state index in [1.807, 2.05) is 6.07 Å². The van der Waals surface area contributed by atoms with E-state index in [4.69, 9.17) is 5.73 Å². The summed E-state index contributed by atoms with van der Waals surface area (Å²) in [5, 5.41) is 17.0. The second kappa shape index (κ2) is 3.24. The van der Waals surface area contributed by atoms with Crippen LogP contribution in [0.2, 0.25) is 0 Å². The summed E-state index contributed by atoms with van der Waals surface area (Å²) in [4.78, 5) is 0. The Labute approximate surface area is 92.5 Å². The average Bonchev–Trinajstić information content (AvgIpc) is 2.83. The number of benzene rings is 1. The van der Waals surface area contributed by atoms with Crippen LogP contribution in [0.1, 0.15) is 11.3 Å². The average molecular weight is 216 g/mol. The number of aromatic nitrogens is 2. The highest BCUT2D eigenvalue weighted by molar-refractivity contribution is 5.49. The van der Waals surface area contributed by atoms with Crippen LogP contribution in [0.15, 0.2) is 24.3 Å².